The second-order valence-electron chi connectivity index (χ2n) is 6.51. The van der Waals surface area contributed by atoms with E-state index in [1.54, 1.807) is 0 Å². The molecule has 1 atom stereocenters. The highest BCUT2D eigenvalue weighted by molar-refractivity contribution is 14.0. The molecule has 1 unspecified atom stereocenters. The van der Waals surface area contributed by atoms with E-state index in [1.807, 2.05) is 25.4 Å². The normalized spacial score (nSPS) is 22.4. The molecule has 0 radical (unpaired) electrons. The third-order valence-corrected chi connectivity index (χ3v) is 4.80. The highest BCUT2D eigenvalue weighted by Crippen LogP contribution is 2.14. The summed E-state index contributed by atoms with van der Waals surface area (Å²) in [6, 6.07) is 6.10. The largest absolute Gasteiger partial charge is 0.356 e. The SMILES string of the molecule is CN=C(NCC1CCN(C)C1)N1CCN(c2ccccn2)CC1.I. The lowest BCUT2D eigenvalue weighted by molar-refractivity contribution is 0.362. The Morgan fingerprint density at radius 3 is 2.62 bits per heavy atom. The number of halogens is 1. The molecule has 24 heavy (non-hydrogen) atoms. The third-order valence-electron chi connectivity index (χ3n) is 4.80. The van der Waals surface area contributed by atoms with Gasteiger partial charge in [-0.2, -0.15) is 0 Å². The summed E-state index contributed by atoms with van der Waals surface area (Å²) in [6.45, 7) is 7.39. The van der Waals surface area contributed by atoms with Gasteiger partial charge in [0.1, 0.15) is 5.82 Å². The van der Waals surface area contributed by atoms with Crippen molar-refractivity contribution in [2.45, 2.75) is 6.42 Å². The molecule has 2 aliphatic heterocycles. The predicted octanol–water partition coefficient (Wildman–Crippen LogP) is 1.35. The molecule has 0 bridgehead atoms. The van der Waals surface area contributed by atoms with Crippen molar-refractivity contribution in [3.63, 3.8) is 0 Å². The van der Waals surface area contributed by atoms with Crippen LogP contribution >= 0.6 is 24.0 Å². The zero-order valence-electron chi connectivity index (χ0n) is 14.7. The van der Waals surface area contributed by atoms with Gasteiger partial charge in [-0.15, -0.1) is 24.0 Å². The average Bonchev–Trinajstić information content (AvgIpc) is 3.02. The molecule has 134 valence electrons. The van der Waals surface area contributed by atoms with E-state index < -0.39 is 0 Å². The zero-order valence-corrected chi connectivity index (χ0v) is 17.0. The first-order chi connectivity index (χ1) is 11.3. The molecule has 0 saturated carbocycles. The fourth-order valence-corrected chi connectivity index (χ4v) is 3.45. The number of guanidine groups is 1. The number of aromatic nitrogens is 1. The van der Waals surface area contributed by atoms with Crippen molar-refractivity contribution in [1.82, 2.24) is 20.1 Å². The average molecular weight is 444 g/mol. The quantitative estimate of drug-likeness (QED) is 0.434. The van der Waals surface area contributed by atoms with Crippen LogP contribution in [0.25, 0.3) is 0 Å². The van der Waals surface area contributed by atoms with E-state index in [9.17, 15) is 0 Å². The Balaban J connectivity index is 0.00000208. The van der Waals surface area contributed by atoms with Crippen LogP contribution in [0.3, 0.4) is 0 Å². The molecule has 0 aromatic carbocycles. The second-order valence-corrected chi connectivity index (χ2v) is 6.51. The summed E-state index contributed by atoms with van der Waals surface area (Å²) in [7, 11) is 4.08. The monoisotopic (exact) mass is 444 g/mol. The smallest absolute Gasteiger partial charge is 0.193 e. The number of nitrogens with zero attached hydrogens (tertiary/aromatic N) is 5. The number of aliphatic imine (C=N–C) groups is 1. The van der Waals surface area contributed by atoms with E-state index in [0.717, 1.165) is 50.4 Å². The van der Waals surface area contributed by atoms with Gasteiger partial charge in [0, 0.05) is 52.5 Å². The van der Waals surface area contributed by atoms with E-state index in [4.69, 9.17) is 0 Å². The summed E-state index contributed by atoms with van der Waals surface area (Å²) in [4.78, 5) is 16.0. The second kappa shape index (κ2) is 9.41. The van der Waals surface area contributed by atoms with Crippen LogP contribution in [-0.4, -0.2) is 80.7 Å². The van der Waals surface area contributed by atoms with Gasteiger partial charge < -0.3 is 20.0 Å². The lowest BCUT2D eigenvalue weighted by atomic mass is 10.1. The molecular weight excluding hydrogens is 415 g/mol. The molecule has 1 aromatic rings. The van der Waals surface area contributed by atoms with Crippen molar-refractivity contribution in [2.24, 2.45) is 10.9 Å². The van der Waals surface area contributed by atoms with Crippen molar-refractivity contribution in [3.8, 4) is 0 Å². The van der Waals surface area contributed by atoms with Crippen molar-refractivity contribution in [1.29, 1.82) is 0 Å². The number of anilines is 1. The number of hydrogen-bond acceptors (Lipinski definition) is 4. The zero-order chi connectivity index (χ0) is 16.1. The number of rotatable bonds is 3. The van der Waals surface area contributed by atoms with E-state index in [0.29, 0.717) is 0 Å². The molecule has 0 amide bonds. The highest BCUT2D eigenvalue weighted by Gasteiger charge is 2.23. The molecule has 6 nitrogen and oxygen atoms in total. The molecule has 3 rings (SSSR count). The molecule has 1 N–H and O–H groups in total. The Hall–Kier alpha value is -1.09. The minimum Gasteiger partial charge on any atom is -0.356 e. The first kappa shape index (κ1) is 19.2. The Kier molecular flexibility index (Phi) is 7.54. The van der Waals surface area contributed by atoms with Crippen molar-refractivity contribution in [3.05, 3.63) is 24.4 Å². The van der Waals surface area contributed by atoms with Gasteiger partial charge >= 0.3 is 0 Å². The van der Waals surface area contributed by atoms with Crippen LogP contribution < -0.4 is 10.2 Å². The third kappa shape index (κ3) is 4.95. The molecule has 2 saturated heterocycles. The number of piperazine rings is 1. The lowest BCUT2D eigenvalue weighted by Crippen LogP contribution is -2.53. The number of pyridine rings is 1. The van der Waals surface area contributed by atoms with E-state index in [2.05, 4.69) is 43.1 Å². The summed E-state index contributed by atoms with van der Waals surface area (Å²) in [5, 5.41) is 3.57. The van der Waals surface area contributed by atoms with Gasteiger partial charge in [-0.05, 0) is 38.1 Å². The van der Waals surface area contributed by atoms with Crippen molar-refractivity contribution >= 4 is 35.8 Å². The van der Waals surface area contributed by atoms with Crippen LogP contribution in [0.15, 0.2) is 29.4 Å². The van der Waals surface area contributed by atoms with Gasteiger partial charge in [0.2, 0.25) is 0 Å². The van der Waals surface area contributed by atoms with Gasteiger partial charge in [-0.25, -0.2) is 4.98 Å². The standard InChI is InChI=1S/C17H28N6.HI/c1-18-17(20-13-15-6-8-21(2)14-15)23-11-9-22(10-12-23)16-5-3-4-7-19-16;/h3-5,7,15H,6,8-14H2,1-2H3,(H,18,20);1H. The lowest BCUT2D eigenvalue weighted by Gasteiger charge is -2.37. The molecule has 2 fully saturated rings. The fraction of sp³-hybridized carbons (Fsp3) is 0.647. The van der Waals surface area contributed by atoms with Gasteiger partial charge in [0.15, 0.2) is 5.96 Å². The van der Waals surface area contributed by atoms with Crippen LogP contribution in [0.5, 0.6) is 0 Å². The van der Waals surface area contributed by atoms with Gasteiger partial charge in [0.25, 0.3) is 0 Å². The minimum absolute atomic E-state index is 0. The summed E-state index contributed by atoms with van der Waals surface area (Å²) in [5.41, 5.74) is 0. The maximum atomic E-state index is 4.47. The maximum absolute atomic E-state index is 4.47. The number of hydrogen-bond donors (Lipinski definition) is 1. The van der Waals surface area contributed by atoms with Crippen LogP contribution in [0, 0.1) is 5.92 Å². The summed E-state index contributed by atoms with van der Waals surface area (Å²) >= 11 is 0. The molecule has 2 aliphatic rings. The Morgan fingerprint density at radius 1 is 1.25 bits per heavy atom. The molecular formula is C17H29IN6. The van der Waals surface area contributed by atoms with Crippen LogP contribution in [-0.2, 0) is 0 Å². The number of likely N-dealkylation sites (tertiary alicyclic amines) is 1. The maximum Gasteiger partial charge on any atom is 0.193 e. The molecule has 0 spiro atoms. The molecule has 7 heteroatoms. The fourth-order valence-electron chi connectivity index (χ4n) is 3.45. The highest BCUT2D eigenvalue weighted by atomic mass is 127. The van der Waals surface area contributed by atoms with E-state index >= 15 is 0 Å². The van der Waals surface area contributed by atoms with Crippen molar-refractivity contribution < 1.29 is 0 Å². The minimum atomic E-state index is 0. The van der Waals surface area contributed by atoms with E-state index in [1.165, 1.54) is 19.5 Å². The summed E-state index contributed by atoms with van der Waals surface area (Å²) in [6.07, 6.45) is 3.15. The summed E-state index contributed by atoms with van der Waals surface area (Å²) < 4.78 is 0. The number of nitrogens with one attached hydrogen (secondary N) is 1. The first-order valence-corrected chi connectivity index (χ1v) is 8.56. The molecule has 0 aliphatic carbocycles. The van der Waals surface area contributed by atoms with Crippen LogP contribution in [0.2, 0.25) is 0 Å². The molecule has 1 aromatic heterocycles. The Labute approximate surface area is 162 Å². The topological polar surface area (TPSA) is 47.0 Å². The van der Waals surface area contributed by atoms with Gasteiger partial charge in [-0.1, -0.05) is 6.07 Å². The van der Waals surface area contributed by atoms with E-state index in [-0.39, 0.29) is 24.0 Å². The first-order valence-electron chi connectivity index (χ1n) is 8.56. The molecule has 3 heterocycles. The van der Waals surface area contributed by atoms with Crippen LogP contribution in [0.4, 0.5) is 5.82 Å². The van der Waals surface area contributed by atoms with Gasteiger partial charge in [-0.3, -0.25) is 4.99 Å². The summed E-state index contributed by atoms with van der Waals surface area (Å²) in [5.74, 6) is 2.86. The van der Waals surface area contributed by atoms with Gasteiger partial charge in [0.05, 0.1) is 0 Å². The Bertz CT molecular complexity index is 515. The van der Waals surface area contributed by atoms with Crippen LogP contribution in [0.1, 0.15) is 6.42 Å². The Morgan fingerprint density at radius 2 is 2.04 bits per heavy atom. The van der Waals surface area contributed by atoms with Crippen molar-refractivity contribution in [2.75, 3.05) is 64.8 Å². The predicted molar refractivity (Wildman–Crippen MR) is 110 cm³/mol.